The molecule has 0 aliphatic carbocycles. The summed E-state index contributed by atoms with van der Waals surface area (Å²) in [6.45, 7) is 6.36. The first-order valence-electron chi connectivity index (χ1n) is 9.19. The van der Waals surface area contributed by atoms with E-state index in [0.717, 1.165) is 16.9 Å². The van der Waals surface area contributed by atoms with Crippen LogP contribution < -0.4 is 10.1 Å². The van der Waals surface area contributed by atoms with Gasteiger partial charge in [0.25, 0.3) is 0 Å². The van der Waals surface area contributed by atoms with Crippen molar-refractivity contribution in [2.75, 3.05) is 13.2 Å². The molecule has 2 aromatic carbocycles. The van der Waals surface area contributed by atoms with Gasteiger partial charge in [0.1, 0.15) is 5.75 Å². The van der Waals surface area contributed by atoms with E-state index in [-0.39, 0.29) is 31.3 Å². The second-order valence-electron chi connectivity index (χ2n) is 6.41. The maximum absolute atomic E-state index is 12.4. The lowest BCUT2D eigenvalue weighted by Crippen LogP contribution is -2.31. The third kappa shape index (κ3) is 6.77. The molecule has 1 atom stereocenters. The van der Waals surface area contributed by atoms with Crippen LogP contribution in [0.25, 0.3) is 0 Å². The predicted molar refractivity (Wildman–Crippen MR) is 105 cm³/mol. The van der Waals surface area contributed by atoms with Gasteiger partial charge in [-0.3, -0.25) is 9.59 Å². The van der Waals surface area contributed by atoms with Crippen molar-refractivity contribution < 1.29 is 19.1 Å². The highest BCUT2D eigenvalue weighted by Gasteiger charge is 2.19. The van der Waals surface area contributed by atoms with E-state index in [4.69, 9.17) is 9.47 Å². The van der Waals surface area contributed by atoms with Crippen LogP contribution in [0.3, 0.4) is 0 Å². The molecule has 0 radical (unpaired) electrons. The normalized spacial score (nSPS) is 11.5. The fraction of sp³-hybridized carbons (Fsp3) is 0.364. The van der Waals surface area contributed by atoms with E-state index in [1.54, 1.807) is 6.92 Å². The topological polar surface area (TPSA) is 64.6 Å². The summed E-state index contributed by atoms with van der Waals surface area (Å²) in [5.41, 5.74) is 3.08. The summed E-state index contributed by atoms with van der Waals surface area (Å²) in [5, 5.41) is 2.91. The Kier molecular flexibility index (Phi) is 7.86. The average molecular weight is 369 g/mol. The molecule has 0 aromatic heterocycles. The minimum absolute atomic E-state index is 0.0987. The number of nitrogens with one attached hydrogen (secondary N) is 1. The Morgan fingerprint density at radius 2 is 1.81 bits per heavy atom. The Labute approximate surface area is 160 Å². The van der Waals surface area contributed by atoms with Crippen molar-refractivity contribution in [1.29, 1.82) is 0 Å². The van der Waals surface area contributed by atoms with Crippen molar-refractivity contribution in [3.63, 3.8) is 0 Å². The number of aryl methyl sites for hydroxylation is 2. The van der Waals surface area contributed by atoms with E-state index < -0.39 is 6.04 Å². The molecule has 1 amide bonds. The summed E-state index contributed by atoms with van der Waals surface area (Å²) in [6.07, 6.45) is 0.307. The van der Waals surface area contributed by atoms with E-state index in [1.165, 1.54) is 5.56 Å². The highest BCUT2D eigenvalue weighted by molar-refractivity contribution is 5.78. The van der Waals surface area contributed by atoms with Gasteiger partial charge in [0, 0.05) is 0 Å². The Hall–Kier alpha value is -2.82. The third-order valence-corrected chi connectivity index (χ3v) is 4.13. The van der Waals surface area contributed by atoms with Crippen molar-refractivity contribution in [1.82, 2.24) is 5.32 Å². The molecule has 2 rings (SSSR count). The zero-order valence-corrected chi connectivity index (χ0v) is 16.2. The number of rotatable bonds is 9. The molecule has 1 unspecified atom stereocenters. The lowest BCUT2D eigenvalue weighted by Gasteiger charge is -2.19. The van der Waals surface area contributed by atoms with Crippen molar-refractivity contribution in [3.05, 3.63) is 65.2 Å². The third-order valence-electron chi connectivity index (χ3n) is 4.13. The quantitative estimate of drug-likeness (QED) is 0.681. The molecule has 5 heteroatoms. The van der Waals surface area contributed by atoms with Gasteiger partial charge in [0.05, 0.1) is 32.1 Å². The van der Waals surface area contributed by atoms with E-state index >= 15 is 0 Å². The van der Waals surface area contributed by atoms with Gasteiger partial charge < -0.3 is 14.8 Å². The van der Waals surface area contributed by atoms with Gasteiger partial charge in [-0.05, 0) is 38.0 Å². The number of carbonyl (C=O) groups excluding carboxylic acids is 2. The molecule has 0 saturated heterocycles. The van der Waals surface area contributed by atoms with Crippen molar-refractivity contribution in [2.45, 2.75) is 39.7 Å². The first kappa shape index (κ1) is 20.5. The van der Waals surface area contributed by atoms with E-state index in [2.05, 4.69) is 5.32 Å². The Morgan fingerprint density at radius 3 is 2.48 bits per heavy atom. The molecule has 27 heavy (non-hydrogen) atoms. The van der Waals surface area contributed by atoms with Gasteiger partial charge in [-0.15, -0.1) is 0 Å². The van der Waals surface area contributed by atoms with Crippen molar-refractivity contribution in [2.24, 2.45) is 0 Å². The molecule has 0 spiro atoms. The summed E-state index contributed by atoms with van der Waals surface area (Å²) in [4.78, 5) is 24.2. The maximum atomic E-state index is 12.4. The van der Waals surface area contributed by atoms with Gasteiger partial charge >= 0.3 is 5.97 Å². The molecule has 1 N–H and O–H groups in total. The monoisotopic (exact) mass is 369 g/mol. The number of amides is 1. The van der Waals surface area contributed by atoms with Crippen LogP contribution in [-0.2, 0) is 14.3 Å². The minimum atomic E-state index is -0.418. The molecule has 2 aromatic rings. The van der Waals surface area contributed by atoms with Gasteiger partial charge in [0.2, 0.25) is 5.91 Å². The van der Waals surface area contributed by atoms with Crippen molar-refractivity contribution in [3.8, 4) is 5.75 Å². The summed E-state index contributed by atoms with van der Waals surface area (Å²) in [5.74, 6) is 0.274. The molecule has 0 heterocycles. The standard InChI is InChI=1S/C22H27NO4/c1-4-26-22(25)15-19(18-8-6-5-7-9-18)23-21(24)12-13-27-20-11-10-16(2)14-17(20)3/h5-11,14,19H,4,12-13,15H2,1-3H3,(H,23,24). The van der Waals surface area contributed by atoms with Crippen LogP contribution in [0.5, 0.6) is 5.75 Å². The van der Waals surface area contributed by atoms with Crippen LogP contribution in [0, 0.1) is 13.8 Å². The maximum Gasteiger partial charge on any atom is 0.308 e. The van der Waals surface area contributed by atoms with Gasteiger partial charge in [0.15, 0.2) is 0 Å². The lowest BCUT2D eigenvalue weighted by molar-refractivity contribution is -0.143. The van der Waals surface area contributed by atoms with Crippen LogP contribution in [0.15, 0.2) is 48.5 Å². The van der Waals surface area contributed by atoms with Crippen molar-refractivity contribution >= 4 is 11.9 Å². The Morgan fingerprint density at radius 1 is 1.07 bits per heavy atom. The van der Waals surface area contributed by atoms with Crippen LogP contribution in [0.2, 0.25) is 0 Å². The molecular weight excluding hydrogens is 342 g/mol. The van der Waals surface area contributed by atoms with E-state index in [1.807, 2.05) is 62.4 Å². The minimum Gasteiger partial charge on any atom is -0.493 e. The zero-order chi connectivity index (χ0) is 19.6. The Bertz CT molecular complexity index is 758. The first-order chi connectivity index (χ1) is 13.0. The first-order valence-corrected chi connectivity index (χ1v) is 9.19. The summed E-state index contributed by atoms with van der Waals surface area (Å²) in [7, 11) is 0. The smallest absolute Gasteiger partial charge is 0.308 e. The average Bonchev–Trinajstić information content (AvgIpc) is 2.64. The summed E-state index contributed by atoms with van der Waals surface area (Å²) < 4.78 is 10.7. The highest BCUT2D eigenvalue weighted by atomic mass is 16.5. The molecule has 0 bridgehead atoms. The second-order valence-corrected chi connectivity index (χ2v) is 6.41. The molecule has 144 valence electrons. The number of carbonyl (C=O) groups is 2. The van der Waals surface area contributed by atoms with Crippen LogP contribution in [0.4, 0.5) is 0 Å². The van der Waals surface area contributed by atoms with E-state index in [9.17, 15) is 9.59 Å². The molecule has 0 aliphatic heterocycles. The zero-order valence-electron chi connectivity index (χ0n) is 16.2. The highest BCUT2D eigenvalue weighted by Crippen LogP contribution is 2.20. The molecule has 0 aliphatic rings. The number of ether oxygens (including phenoxy) is 2. The Balaban J connectivity index is 1.91. The van der Waals surface area contributed by atoms with Crippen LogP contribution in [-0.4, -0.2) is 25.1 Å². The second kappa shape index (κ2) is 10.4. The molecule has 0 saturated carbocycles. The summed E-state index contributed by atoms with van der Waals surface area (Å²) >= 11 is 0. The number of hydrogen-bond donors (Lipinski definition) is 1. The SMILES string of the molecule is CCOC(=O)CC(NC(=O)CCOc1ccc(C)cc1C)c1ccccc1. The lowest BCUT2D eigenvalue weighted by atomic mass is 10.0. The summed E-state index contributed by atoms with van der Waals surface area (Å²) in [6, 6.07) is 14.9. The number of hydrogen-bond acceptors (Lipinski definition) is 4. The fourth-order valence-corrected chi connectivity index (χ4v) is 2.81. The van der Waals surface area contributed by atoms with E-state index in [0.29, 0.717) is 6.61 Å². The van der Waals surface area contributed by atoms with Gasteiger partial charge in [-0.2, -0.15) is 0 Å². The van der Waals surface area contributed by atoms with Crippen LogP contribution in [0.1, 0.15) is 42.5 Å². The number of benzene rings is 2. The largest absolute Gasteiger partial charge is 0.493 e. The van der Waals surface area contributed by atoms with Gasteiger partial charge in [-0.1, -0.05) is 48.0 Å². The fourth-order valence-electron chi connectivity index (χ4n) is 2.81. The molecule has 0 fully saturated rings. The molecular formula is C22H27NO4. The number of esters is 1. The van der Waals surface area contributed by atoms with Crippen LogP contribution >= 0.6 is 0 Å². The predicted octanol–water partition coefficient (Wildman–Crippen LogP) is 3.88. The molecule has 5 nitrogen and oxygen atoms in total. The van der Waals surface area contributed by atoms with Gasteiger partial charge in [-0.25, -0.2) is 0 Å².